The fourth-order valence-electron chi connectivity index (χ4n) is 7.11. The molecule has 0 aromatic carbocycles. The highest BCUT2D eigenvalue weighted by molar-refractivity contribution is 8.03. The quantitative estimate of drug-likeness (QED) is 0.463. The van der Waals surface area contributed by atoms with Gasteiger partial charge in [0.2, 0.25) is 0 Å². The minimum absolute atomic E-state index is 0.150. The summed E-state index contributed by atoms with van der Waals surface area (Å²) in [6.45, 7) is 3.90. The van der Waals surface area contributed by atoms with Crippen molar-refractivity contribution in [2.24, 2.45) is 34.1 Å². The van der Waals surface area contributed by atoms with E-state index in [4.69, 9.17) is 4.74 Å². The molecule has 2 heterocycles. The summed E-state index contributed by atoms with van der Waals surface area (Å²) in [5, 5.41) is 12.7. The Morgan fingerprint density at radius 2 is 1.91 bits per heavy atom. The molecule has 5 nitrogen and oxygen atoms in total. The Balaban J connectivity index is 1.40. The zero-order chi connectivity index (χ0) is 23.2. The molecule has 4 fully saturated rings. The summed E-state index contributed by atoms with van der Waals surface area (Å²) >= 11 is 2.92. The Bertz CT molecular complexity index is 1010. The lowest BCUT2D eigenvalue weighted by Crippen LogP contribution is -2.50. The number of hydrogen-bond acceptors (Lipinski definition) is 7. The van der Waals surface area contributed by atoms with Gasteiger partial charge in [0.1, 0.15) is 16.7 Å². The molecule has 6 rings (SSSR count). The maximum atomic E-state index is 13.5. The molecular weight excluding hydrogens is 452 g/mol. The molecule has 174 valence electrons. The monoisotopic (exact) mass is 482 g/mol. The number of rotatable bonds is 7. The molecule has 7 heteroatoms. The second-order valence-corrected chi connectivity index (χ2v) is 12.2. The molecule has 4 saturated carbocycles. The number of thioether (sulfide) groups is 1. The summed E-state index contributed by atoms with van der Waals surface area (Å²) in [6, 6.07) is 6.23. The van der Waals surface area contributed by atoms with Crippen molar-refractivity contribution < 1.29 is 14.3 Å². The maximum Gasteiger partial charge on any atom is 0.315 e. The van der Waals surface area contributed by atoms with Gasteiger partial charge in [0.15, 0.2) is 0 Å². The summed E-state index contributed by atoms with van der Waals surface area (Å²) in [7, 11) is 0. The lowest BCUT2D eigenvalue weighted by Gasteiger charge is -2.56. The number of nitrogens with zero attached hydrogens (tertiary/aromatic N) is 2. The number of carbonyl (C=O) groups excluding carboxylic acids is 2. The van der Waals surface area contributed by atoms with Crippen LogP contribution in [0, 0.1) is 40.4 Å². The van der Waals surface area contributed by atoms with Crippen LogP contribution < -0.4 is 0 Å². The molecule has 1 aliphatic heterocycles. The highest BCUT2D eigenvalue weighted by atomic mass is 32.2. The van der Waals surface area contributed by atoms with E-state index < -0.39 is 11.8 Å². The van der Waals surface area contributed by atoms with Crippen LogP contribution in [0.25, 0.3) is 0 Å². The zero-order valence-electron chi connectivity index (χ0n) is 19.2. The maximum absolute atomic E-state index is 13.5. The fourth-order valence-corrected chi connectivity index (χ4v) is 9.09. The highest BCUT2D eigenvalue weighted by Gasteiger charge is 2.54. The van der Waals surface area contributed by atoms with Crippen molar-refractivity contribution in [3.63, 3.8) is 0 Å². The first-order valence-corrected chi connectivity index (χ1v) is 13.9. The number of carbonyl (C=O) groups is 2. The minimum Gasteiger partial charge on any atom is -0.465 e. The van der Waals surface area contributed by atoms with Crippen LogP contribution in [-0.2, 0) is 14.3 Å². The normalized spacial score (nSPS) is 34.7. The fraction of sp³-hybridized carbons (Fsp3) is 0.615. The topological polar surface area (TPSA) is 79.5 Å². The molecule has 2 atom stereocenters. The van der Waals surface area contributed by atoms with Crippen molar-refractivity contribution in [1.82, 2.24) is 0 Å². The van der Waals surface area contributed by atoms with Crippen LogP contribution in [0.3, 0.4) is 0 Å². The van der Waals surface area contributed by atoms with Crippen molar-refractivity contribution in [3.8, 4) is 6.07 Å². The molecule has 4 aliphatic carbocycles. The van der Waals surface area contributed by atoms with E-state index in [1.165, 1.54) is 42.4 Å². The molecular formula is C26H30N2O3S2. The molecule has 0 radical (unpaired) electrons. The van der Waals surface area contributed by atoms with E-state index >= 15 is 0 Å². The third-order valence-electron chi connectivity index (χ3n) is 8.08. The minimum atomic E-state index is -0.610. The Morgan fingerprint density at radius 3 is 2.45 bits per heavy atom. The van der Waals surface area contributed by atoms with E-state index in [0.717, 1.165) is 41.9 Å². The van der Waals surface area contributed by atoms with E-state index in [-0.39, 0.29) is 18.0 Å². The number of allylic oxidation sites excluding steroid dienone is 1. The lowest BCUT2D eigenvalue weighted by atomic mass is 9.48. The first kappa shape index (κ1) is 22.9. The largest absolute Gasteiger partial charge is 0.465 e. The number of nitriles is 1. The summed E-state index contributed by atoms with van der Waals surface area (Å²) < 4.78 is 5.34. The van der Waals surface area contributed by atoms with Gasteiger partial charge in [0, 0.05) is 21.9 Å². The molecule has 0 spiro atoms. The predicted molar refractivity (Wildman–Crippen MR) is 131 cm³/mol. The van der Waals surface area contributed by atoms with Crippen molar-refractivity contribution in [3.05, 3.63) is 33.0 Å². The van der Waals surface area contributed by atoms with Gasteiger partial charge in [-0.15, -0.1) is 11.3 Å². The molecule has 0 amide bonds. The number of ether oxygens (including phenoxy) is 1. The third kappa shape index (κ3) is 4.10. The summed E-state index contributed by atoms with van der Waals surface area (Å²) in [5.74, 6) is 1.49. The standard InChI is InChI=1S/C26H30N2O3S2/c1-3-31-25(30)22-15(2)28-24(19(13-27)23(22)20-5-4-6-32-20)33-14-21(29)26-10-16-7-17(11-26)9-18(8-16)12-26/h4-6,16-18,22-23H,3,7-12,14H2,1-2H3. The molecule has 1 aromatic heterocycles. The van der Waals surface area contributed by atoms with Gasteiger partial charge in [-0.2, -0.15) is 5.26 Å². The summed E-state index contributed by atoms with van der Waals surface area (Å²) in [6.07, 6.45) is 7.08. The lowest BCUT2D eigenvalue weighted by molar-refractivity contribution is -0.146. The molecule has 0 N–H and O–H groups in total. The smallest absolute Gasteiger partial charge is 0.315 e. The number of esters is 1. The number of hydrogen-bond donors (Lipinski definition) is 0. The van der Waals surface area contributed by atoms with Crippen LogP contribution in [0.15, 0.2) is 33.1 Å². The van der Waals surface area contributed by atoms with Crippen LogP contribution >= 0.6 is 23.1 Å². The van der Waals surface area contributed by atoms with Crippen molar-refractivity contribution in [2.75, 3.05) is 12.4 Å². The third-order valence-corrected chi connectivity index (χ3v) is 10.0. The molecule has 33 heavy (non-hydrogen) atoms. The Morgan fingerprint density at radius 1 is 1.24 bits per heavy atom. The molecule has 5 aliphatic rings. The van der Waals surface area contributed by atoms with E-state index in [1.807, 2.05) is 24.4 Å². The molecule has 4 bridgehead atoms. The van der Waals surface area contributed by atoms with Gasteiger partial charge in [0.25, 0.3) is 0 Å². The van der Waals surface area contributed by atoms with E-state index in [2.05, 4.69) is 11.1 Å². The second kappa shape index (κ2) is 9.03. The molecule has 1 aromatic rings. The summed E-state index contributed by atoms with van der Waals surface area (Å²) in [5.41, 5.74) is 0.975. The van der Waals surface area contributed by atoms with Crippen molar-refractivity contribution >= 4 is 40.6 Å². The van der Waals surface area contributed by atoms with Crippen LogP contribution in [0.1, 0.15) is 63.2 Å². The second-order valence-electron chi connectivity index (χ2n) is 10.2. The summed E-state index contributed by atoms with van der Waals surface area (Å²) in [4.78, 5) is 32.0. The van der Waals surface area contributed by atoms with Crippen LogP contribution in [-0.4, -0.2) is 29.8 Å². The van der Waals surface area contributed by atoms with Crippen molar-refractivity contribution in [1.29, 1.82) is 5.26 Å². The van der Waals surface area contributed by atoms with Gasteiger partial charge < -0.3 is 4.74 Å². The van der Waals surface area contributed by atoms with Gasteiger partial charge in [-0.3, -0.25) is 9.59 Å². The highest BCUT2D eigenvalue weighted by Crippen LogP contribution is 2.60. The Kier molecular flexibility index (Phi) is 6.26. The van der Waals surface area contributed by atoms with Crippen molar-refractivity contribution in [2.45, 2.75) is 58.3 Å². The van der Waals surface area contributed by atoms with Crippen LogP contribution in [0.4, 0.5) is 0 Å². The Hall–Kier alpha value is -1.91. The molecule has 2 unspecified atom stereocenters. The number of thiophene rings is 1. The average molecular weight is 483 g/mol. The average Bonchev–Trinajstić information content (AvgIpc) is 3.30. The van der Waals surface area contributed by atoms with Crippen LogP contribution in [0.2, 0.25) is 0 Å². The number of aliphatic imine (C=N–C) groups is 1. The van der Waals surface area contributed by atoms with Gasteiger partial charge in [-0.1, -0.05) is 17.8 Å². The Labute approximate surface area is 203 Å². The first-order chi connectivity index (χ1) is 15.9. The van der Waals surface area contributed by atoms with Crippen LogP contribution in [0.5, 0.6) is 0 Å². The van der Waals surface area contributed by atoms with Gasteiger partial charge >= 0.3 is 5.97 Å². The zero-order valence-corrected chi connectivity index (χ0v) is 20.8. The van der Waals surface area contributed by atoms with E-state index in [0.29, 0.717) is 27.8 Å². The van der Waals surface area contributed by atoms with E-state index in [1.54, 1.807) is 6.92 Å². The van der Waals surface area contributed by atoms with Gasteiger partial charge in [-0.05, 0) is 81.6 Å². The van der Waals surface area contributed by atoms with E-state index in [9.17, 15) is 14.9 Å². The van der Waals surface area contributed by atoms with Gasteiger partial charge in [-0.25, -0.2) is 4.99 Å². The first-order valence-electron chi connectivity index (χ1n) is 12.0. The predicted octanol–water partition coefficient (Wildman–Crippen LogP) is 5.74. The number of ketones is 1. The van der Waals surface area contributed by atoms with Gasteiger partial charge in [0.05, 0.1) is 24.0 Å². The molecule has 0 saturated heterocycles. The number of Topliss-reactive ketones (excluding diaryl/α,β-unsaturated/α-hetero) is 1. The SMILES string of the molecule is CCOC(=O)C1C(C)=NC(SCC(=O)C23CC4CC(CC(C4)C2)C3)=C(C#N)C1c1cccs1.